The van der Waals surface area contributed by atoms with Crippen molar-refractivity contribution >= 4 is 85.9 Å². The number of hydrogen-bond donors (Lipinski definition) is 0. The highest BCUT2D eigenvalue weighted by molar-refractivity contribution is 7.25. The smallest absolute Gasteiger partial charge is 0.0619 e. The Labute approximate surface area is 286 Å². The van der Waals surface area contributed by atoms with Crippen LogP contribution in [0.3, 0.4) is 0 Å². The van der Waals surface area contributed by atoms with E-state index in [2.05, 4.69) is 179 Å². The van der Waals surface area contributed by atoms with Gasteiger partial charge in [-0.1, -0.05) is 109 Å². The van der Waals surface area contributed by atoms with Crippen LogP contribution in [0, 0.1) is 0 Å². The number of rotatable bonds is 3. The summed E-state index contributed by atoms with van der Waals surface area (Å²) < 4.78 is 7.51. The van der Waals surface area contributed by atoms with E-state index in [0.29, 0.717) is 0 Å². The van der Waals surface area contributed by atoms with Gasteiger partial charge in [-0.3, -0.25) is 0 Å². The van der Waals surface area contributed by atoms with Crippen molar-refractivity contribution in [2.75, 3.05) is 0 Å². The van der Waals surface area contributed by atoms with Gasteiger partial charge in [-0.2, -0.15) is 0 Å². The lowest BCUT2D eigenvalue weighted by molar-refractivity contribution is 1.18. The van der Waals surface area contributed by atoms with E-state index in [1.54, 1.807) is 0 Å². The maximum absolute atomic E-state index is 2.48. The maximum Gasteiger partial charge on any atom is 0.0619 e. The second-order valence-electron chi connectivity index (χ2n) is 12.9. The highest BCUT2D eigenvalue weighted by Gasteiger charge is 2.18. The first-order valence-corrected chi connectivity index (χ1v) is 17.6. The van der Waals surface area contributed by atoms with Gasteiger partial charge in [-0.25, -0.2) is 0 Å². The number of fused-ring (bicyclic) bond motifs is 11. The quantitative estimate of drug-likeness (QED) is 0.182. The third-order valence-electron chi connectivity index (χ3n) is 10.3. The van der Waals surface area contributed by atoms with Gasteiger partial charge in [0.15, 0.2) is 0 Å². The van der Waals surface area contributed by atoms with Crippen LogP contribution in [0.2, 0.25) is 0 Å². The van der Waals surface area contributed by atoms with Crippen LogP contribution in [0.1, 0.15) is 0 Å². The molecule has 0 saturated heterocycles. The molecule has 0 aliphatic rings. The van der Waals surface area contributed by atoms with Crippen molar-refractivity contribution < 1.29 is 0 Å². The molecule has 0 bridgehead atoms. The van der Waals surface area contributed by atoms with E-state index in [1.807, 2.05) is 11.3 Å². The van der Waals surface area contributed by atoms with E-state index in [9.17, 15) is 0 Å². The standard InChI is InChI=1S/C46H28N2S/c1-2-11-32(12-3-1)47-41-16-8-6-14-35(41)39-26-30(19-24-42(39)47)31-20-25-43-40(27-31)38-22-18-29-10-4-5-13-34(29)46(38)48(43)33-21-23-37-36-15-7-9-17-44(36)49-45(37)28-33/h1-28H. The molecular formula is C46H28N2S. The molecule has 0 amide bonds. The Balaban J connectivity index is 1.16. The van der Waals surface area contributed by atoms with Gasteiger partial charge in [-0.15, -0.1) is 11.3 Å². The molecule has 2 nitrogen and oxygen atoms in total. The molecule has 3 heteroatoms. The summed E-state index contributed by atoms with van der Waals surface area (Å²) >= 11 is 1.87. The zero-order valence-corrected chi connectivity index (χ0v) is 27.3. The highest BCUT2D eigenvalue weighted by atomic mass is 32.1. The molecule has 228 valence electrons. The van der Waals surface area contributed by atoms with Gasteiger partial charge in [0.25, 0.3) is 0 Å². The third-order valence-corrected chi connectivity index (χ3v) is 11.4. The van der Waals surface area contributed by atoms with Crippen LogP contribution in [0.4, 0.5) is 0 Å². The summed E-state index contributed by atoms with van der Waals surface area (Å²) in [5, 5.41) is 10.2. The Morgan fingerprint density at radius 2 is 0.939 bits per heavy atom. The van der Waals surface area contributed by atoms with Gasteiger partial charge >= 0.3 is 0 Å². The fourth-order valence-corrected chi connectivity index (χ4v) is 9.23. The minimum Gasteiger partial charge on any atom is -0.309 e. The molecule has 0 aliphatic heterocycles. The summed E-state index contributed by atoms with van der Waals surface area (Å²) in [6.45, 7) is 0. The third kappa shape index (κ3) is 3.88. The van der Waals surface area contributed by atoms with Gasteiger partial charge in [0.05, 0.1) is 22.1 Å². The van der Waals surface area contributed by atoms with Crippen molar-refractivity contribution in [3.63, 3.8) is 0 Å². The molecule has 3 aromatic heterocycles. The van der Waals surface area contributed by atoms with E-state index in [1.165, 1.54) is 97.1 Å². The van der Waals surface area contributed by atoms with Crippen molar-refractivity contribution in [1.29, 1.82) is 0 Å². The summed E-state index contributed by atoms with van der Waals surface area (Å²) in [6.07, 6.45) is 0. The number of nitrogens with zero attached hydrogens (tertiary/aromatic N) is 2. The second-order valence-corrected chi connectivity index (χ2v) is 14.0. The molecular weight excluding hydrogens is 613 g/mol. The van der Waals surface area contributed by atoms with Crippen LogP contribution < -0.4 is 0 Å². The molecule has 0 atom stereocenters. The Morgan fingerprint density at radius 1 is 0.327 bits per heavy atom. The molecule has 11 aromatic rings. The van der Waals surface area contributed by atoms with E-state index in [4.69, 9.17) is 0 Å². The molecule has 0 spiro atoms. The molecule has 49 heavy (non-hydrogen) atoms. The summed E-state index contributed by atoms with van der Waals surface area (Å²) in [5.41, 5.74) is 9.73. The molecule has 0 radical (unpaired) electrons. The van der Waals surface area contributed by atoms with Crippen LogP contribution in [0.15, 0.2) is 170 Å². The minimum atomic E-state index is 1.18. The maximum atomic E-state index is 2.48. The molecule has 0 fully saturated rings. The zero-order chi connectivity index (χ0) is 32.1. The number of thiophene rings is 1. The summed E-state index contributed by atoms with van der Waals surface area (Å²) in [4.78, 5) is 0. The van der Waals surface area contributed by atoms with Crippen molar-refractivity contribution in [3.8, 4) is 22.5 Å². The average molecular weight is 641 g/mol. The first-order chi connectivity index (χ1) is 24.3. The van der Waals surface area contributed by atoms with E-state index >= 15 is 0 Å². The largest absolute Gasteiger partial charge is 0.309 e. The van der Waals surface area contributed by atoms with Gasteiger partial charge in [0.1, 0.15) is 0 Å². The van der Waals surface area contributed by atoms with Crippen LogP contribution >= 0.6 is 11.3 Å². The number of aromatic nitrogens is 2. The normalized spacial score (nSPS) is 12.1. The fraction of sp³-hybridized carbons (Fsp3) is 0. The zero-order valence-electron chi connectivity index (χ0n) is 26.5. The second kappa shape index (κ2) is 10.2. The van der Waals surface area contributed by atoms with E-state index in [0.717, 1.165) is 0 Å². The van der Waals surface area contributed by atoms with Crippen LogP contribution in [0.5, 0.6) is 0 Å². The lowest BCUT2D eigenvalue weighted by atomic mass is 10.00. The first-order valence-electron chi connectivity index (χ1n) is 16.8. The number of benzene rings is 8. The van der Waals surface area contributed by atoms with E-state index < -0.39 is 0 Å². The Bertz CT molecular complexity index is 3100. The lowest BCUT2D eigenvalue weighted by Crippen LogP contribution is -1.94. The van der Waals surface area contributed by atoms with Gasteiger partial charge < -0.3 is 9.13 Å². The molecule has 0 unspecified atom stereocenters. The predicted molar refractivity (Wildman–Crippen MR) is 211 cm³/mol. The average Bonchev–Trinajstić information content (AvgIpc) is 3.82. The first kappa shape index (κ1) is 26.9. The molecule has 0 N–H and O–H groups in total. The lowest BCUT2D eigenvalue weighted by Gasteiger charge is -2.11. The van der Waals surface area contributed by atoms with Crippen molar-refractivity contribution in [2.45, 2.75) is 0 Å². The van der Waals surface area contributed by atoms with Crippen molar-refractivity contribution in [1.82, 2.24) is 9.13 Å². The predicted octanol–water partition coefficient (Wildman–Crippen LogP) is 13.1. The minimum absolute atomic E-state index is 1.18. The van der Waals surface area contributed by atoms with Crippen LogP contribution in [-0.4, -0.2) is 9.13 Å². The Morgan fingerprint density at radius 3 is 1.78 bits per heavy atom. The van der Waals surface area contributed by atoms with Gasteiger partial charge in [-0.05, 0) is 77.2 Å². The molecule has 11 rings (SSSR count). The van der Waals surface area contributed by atoms with E-state index in [-0.39, 0.29) is 0 Å². The van der Waals surface area contributed by atoms with Crippen LogP contribution in [0.25, 0.3) is 97.1 Å². The molecule has 0 aliphatic carbocycles. The Hall–Kier alpha value is -6.16. The molecule has 0 saturated carbocycles. The molecule has 3 heterocycles. The highest BCUT2D eigenvalue weighted by Crippen LogP contribution is 2.42. The van der Waals surface area contributed by atoms with Gasteiger partial charge in [0, 0.05) is 58.5 Å². The fourth-order valence-electron chi connectivity index (χ4n) is 8.09. The molecule has 8 aromatic carbocycles. The van der Waals surface area contributed by atoms with Gasteiger partial charge in [0.2, 0.25) is 0 Å². The monoisotopic (exact) mass is 640 g/mol. The number of hydrogen-bond acceptors (Lipinski definition) is 1. The number of para-hydroxylation sites is 2. The van der Waals surface area contributed by atoms with Crippen LogP contribution in [-0.2, 0) is 0 Å². The SMILES string of the molecule is c1ccc(-n2c3ccccc3c3cc(-c4ccc5c(c4)c4ccc6ccccc6c4n5-c4ccc5c(c4)sc4ccccc45)ccc32)cc1. The summed E-state index contributed by atoms with van der Waals surface area (Å²) in [6, 6.07) is 62.5. The summed E-state index contributed by atoms with van der Waals surface area (Å²) in [5.74, 6) is 0. The topological polar surface area (TPSA) is 9.86 Å². The van der Waals surface area contributed by atoms with Crippen molar-refractivity contribution in [2.24, 2.45) is 0 Å². The Kier molecular flexibility index (Phi) is 5.57. The van der Waals surface area contributed by atoms with Crippen molar-refractivity contribution in [3.05, 3.63) is 170 Å². The summed E-state index contributed by atoms with van der Waals surface area (Å²) in [7, 11) is 0.